The minimum Gasteiger partial charge on any atom is -0.326 e. The van der Waals surface area contributed by atoms with Crippen LogP contribution in [0.3, 0.4) is 0 Å². The Kier molecular flexibility index (Phi) is 3.35. The topological polar surface area (TPSA) is 26.3 Å². The van der Waals surface area contributed by atoms with Gasteiger partial charge in [0.1, 0.15) is 0 Å². The summed E-state index contributed by atoms with van der Waals surface area (Å²) in [6.45, 7) is 2.75. The number of rotatable bonds is 4. The molecular weight excluding hydrogens is 159 g/mol. The normalized spacial score (nSPS) is 29.5. The summed E-state index contributed by atoms with van der Waals surface area (Å²) < 4.78 is 16.9. The van der Waals surface area contributed by atoms with Gasteiger partial charge in [-0.05, 0) is 18.7 Å². The van der Waals surface area contributed by atoms with Crippen molar-refractivity contribution in [3.8, 4) is 0 Å². The van der Waals surface area contributed by atoms with Gasteiger partial charge in [-0.3, -0.25) is 4.57 Å². The van der Waals surface area contributed by atoms with Crippen LogP contribution in [0.4, 0.5) is 0 Å². The lowest BCUT2D eigenvalue weighted by molar-refractivity contribution is 0.313. The van der Waals surface area contributed by atoms with Crippen LogP contribution in [0.1, 0.15) is 26.2 Å². The van der Waals surface area contributed by atoms with Gasteiger partial charge in [-0.1, -0.05) is 19.4 Å². The molecule has 3 heteroatoms. The fraction of sp³-hybridized carbons (Fsp3) is 0.750. The third-order valence-electron chi connectivity index (χ3n) is 1.75. The molecule has 1 heterocycles. The van der Waals surface area contributed by atoms with Crippen LogP contribution in [-0.4, -0.2) is 12.8 Å². The largest absolute Gasteiger partial charge is 0.326 e. The van der Waals surface area contributed by atoms with Crippen molar-refractivity contribution >= 4 is 7.37 Å². The van der Waals surface area contributed by atoms with E-state index in [2.05, 4.69) is 6.92 Å². The Morgan fingerprint density at radius 2 is 2.45 bits per heavy atom. The molecule has 0 aromatic carbocycles. The van der Waals surface area contributed by atoms with Crippen molar-refractivity contribution in [1.82, 2.24) is 0 Å². The molecule has 1 rings (SSSR count). The smallest absolute Gasteiger partial charge is 0.225 e. The lowest BCUT2D eigenvalue weighted by atomic mass is 10.4. The van der Waals surface area contributed by atoms with Gasteiger partial charge in [0.25, 0.3) is 0 Å². The van der Waals surface area contributed by atoms with Crippen LogP contribution in [0.15, 0.2) is 11.9 Å². The molecule has 1 unspecified atom stereocenters. The van der Waals surface area contributed by atoms with Gasteiger partial charge in [0.05, 0.1) is 6.61 Å². The Bertz CT molecular complexity index is 187. The summed E-state index contributed by atoms with van der Waals surface area (Å²) in [5, 5.41) is 0. The van der Waals surface area contributed by atoms with E-state index in [0.29, 0.717) is 6.61 Å². The molecule has 1 atom stereocenters. The predicted octanol–water partition coefficient (Wildman–Crippen LogP) is 3.00. The molecular formula is C8H15O2P. The molecule has 0 saturated heterocycles. The zero-order valence-electron chi connectivity index (χ0n) is 6.95. The van der Waals surface area contributed by atoms with Crippen LogP contribution in [0, 0.1) is 0 Å². The molecule has 0 spiro atoms. The van der Waals surface area contributed by atoms with Crippen LogP contribution in [0.5, 0.6) is 0 Å². The maximum absolute atomic E-state index is 11.6. The molecule has 0 aromatic rings. The molecule has 0 aromatic heterocycles. The summed E-state index contributed by atoms with van der Waals surface area (Å²) in [4.78, 5) is 0. The van der Waals surface area contributed by atoms with E-state index in [1.165, 1.54) is 0 Å². The first-order chi connectivity index (χ1) is 5.27. The van der Waals surface area contributed by atoms with Gasteiger partial charge in [-0.2, -0.15) is 0 Å². The summed E-state index contributed by atoms with van der Waals surface area (Å²) in [5.74, 6) is 1.75. The van der Waals surface area contributed by atoms with Gasteiger partial charge in [0.2, 0.25) is 7.37 Å². The van der Waals surface area contributed by atoms with E-state index < -0.39 is 7.37 Å². The summed E-state index contributed by atoms with van der Waals surface area (Å²) in [5.41, 5.74) is 0. The van der Waals surface area contributed by atoms with Crippen molar-refractivity contribution in [2.75, 3.05) is 12.8 Å². The first-order valence-electron chi connectivity index (χ1n) is 4.18. The summed E-state index contributed by atoms with van der Waals surface area (Å²) in [6.07, 6.45) is 5.70. The van der Waals surface area contributed by atoms with Crippen LogP contribution in [-0.2, 0) is 9.09 Å². The summed E-state index contributed by atoms with van der Waals surface area (Å²) in [7, 11) is -2.28. The van der Waals surface area contributed by atoms with Gasteiger partial charge in [0, 0.05) is 6.16 Å². The third kappa shape index (κ3) is 2.80. The number of hydrogen-bond acceptors (Lipinski definition) is 2. The molecule has 1 aliphatic rings. The van der Waals surface area contributed by atoms with Crippen LogP contribution in [0.2, 0.25) is 0 Å². The standard InChI is InChI=1S/C8H15O2P/c1-2-3-6-10-11(9)7-4-5-8-11/h4,7H,2-3,5-6,8H2,1H3. The average Bonchev–Trinajstić information content (AvgIpc) is 2.38. The van der Waals surface area contributed by atoms with E-state index in [1.54, 1.807) is 5.82 Å². The van der Waals surface area contributed by atoms with E-state index in [1.807, 2.05) is 6.08 Å². The average molecular weight is 174 g/mol. The second-order valence-electron chi connectivity index (χ2n) is 2.81. The van der Waals surface area contributed by atoms with Crippen LogP contribution < -0.4 is 0 Å². The summed E-state index contributed by atoms with van der Waals surface area (Å²) in [6, 6.07) is 0. The monoisotopic (exact) mass is 174 g/mol. The predicted molar refractivity (Wildman–Crippen MR) is 47.1 cm³/mol. The fourth-order valence-corrected chi connectivity index (χ4v) is 2.82. The zero-order valence-corrected chi connectivity index (χ0v) is 7.85. The highest BCUT2D eigenvalue weighted by molar-refractivity contribution is 7.62. The van der Waals surface area contributed by atoms with E-state index in [0.717, 1.165) is 25.4 Å². The van der Waals surface area contributed by atoms with Gasteiger partial charge < -0.3 is 4.52 Å². The highest BCUT2D eigenvalue weighted by Crippen LogP contribution is 2.52. The highest BCUT2D eigenvalue weighted by Gasteiger charge is 2.21. The lowest BCUT2D eigenvalue weighted by Gasteiger charge is -2.09. The lowest BCUT2D eigenvalue weighted by Crippen LogP contribution is -1.91. The minimum atomic E-state index is -2.28. The summed E-state index contributed by atoms with van der Waals surface area (Å²) >= 11 is 0. The highest BCUT2D eigenvalue weighted by atomic mass is 31.2. The number of unbranched alkanes of at least 4 members (excludes halogenated alkanes) is 1. The van der Waals surface area contributed by atoms with Crippen molar-refractivity contribution in [2.45, 2.75) is 26.2 Å². The maximum Gasteiger partial charge on any atom is 0.225 e. The molecule has 2 nitrogen and oxygen atoms in total. The molecule has 0 aliphatic carbocycles. The second kappa shape index (κ2) is 4.08. The maximum atomic E-state index is 11.6. The molecule has 0 saturated carbocycles. The van der Waals surface area contributed by atoms with E-state index in [4.69, 9.17) is 4.52 Å². The Morgan fingerprint density at radius 1 is 1.64 bits per heavy atom. The molecule has 0 bridgehead atoms. The molecule has 0 radical (unpaired) electrons. The molecule has 11 heavy (non-hydrogen) atoms. The second-order valence-corrected chi connectivity index (χ2v) is 5.27. The van der Waals surface area contributed by atoms with Crippen LogP contribution >= 0.6 is 7.37 Å². The number of hydrogen-bond donors (Lipinski definition) is 0. The SMILES string of the molecule is CCCCOP1(=O)C=CCC1. The molecule has 0 amide bonds. The Hall–Kier alpha value is -0.0700. The van der Waals surface area contributed by atoms with E-state index in [-0.39, 0.29) is 0 Å². The van der Waals surface area contributed by atoms with Gasteiger partial charge in [0.15, 0.2) is 0 Å². The molecule has 64 valence electrons. The van der Waals surface area contributed by atoms with Crippen molar-refractivity contribution in [2.24, 2.45) is 0 Å². The van der Waals surface area contributed by atoms with Gasteiger partial charge in [-0.15, -0.1) is 0 Å². The van der Waals surface area contributed by atoms with Crippen molar-refractivity contribution in [1.29, 1.82) is 0 Å². The van der Waals surface area contributed by atoms with Gasteiger partial charge >= 0.3 is 0 Å². The van der Waals surface area contributed by atoms with Gasteiger partial charge in [-0.25, -0.2) is 0 Å². The van der Waals surface area contributed by atoms with Crippen molar-refractivity contribution in [3.63, 3.8) is 0 Å². The Morgan fingerprint density at radius 3 is 3.00 bits per heavy atom. The van der Waals surface area contributed by atoms with E-state index >= 15 is 0 Å². The molecule has 0 fully saturated rings. The Balaban J connectivity index is 2.24. The molecule has 1 aliphatic heterocycles. The quantitative estimate of drug-likeness (QED) is 0.483. The first kappa shape index (κ1) is 9.02. The number of allylic oxidation sites excluding steroid dienone is 1. The van der Waals surface area contributed by atoms with E-state index in [9.17, 15) is 4.57 Å². The third-order valence-corrected chi connectivity index (χ3v) is 3.91. The zero-order chi connectivity index (χ0) is 8.16. The van der Waals surface area contributed by atoms with Crippen molar-refractivity contribution in [3.05, 3.63) is 11.9 Å². The van der Waals surface area contributed by atoms with Crippen LogP contribution in [0.25, 0.3) is 0 Å². The Labute approximate surface area is 68.1 Å². The first-order valence-corrected chi connectivity index (χ1v) is 6.06. The van der Waals surface area contributed by atoms with Crippen molar-refractivity contribution < 1.29 is 9.09 Å². The molecule has 0 N–H and O–H groups in total. The fourth-order valence-electron chi connectivity index (χ4n) is 1.04. The minimum absolute atomic E-state index is 0.651.